The molecule has 0 aliphatic heterocycles. The molecule has 0 unspecified atom stereocenters. The van der Waals surface area contributed by atoms with Gasteiger partial charge in [-0.05, 0) is 55.8 Å². The van der Waals surface area contributed by atoms with E-state index in [2.05, 4.69) is 14.8 Å². The standard InChI is InChI=1S/C21H16F3N3O3/c1-12-11-18-25-13(2)19(20(28)27(18)26-12)14-3-5-15(6-4-14)29-16-7-9-17(10-8-16)30-21(22,23)24/h3-11,26H,1-2H3. The number of hydrogen-bond acceptors (Lipinski definition) is 4. The Morgan fingerprint density at radius 3 is 2.10 bits per heavy atom. The van der Waals surface area contributed by atoms with Gasteiger partial charge in [0.15, 0.2) is 5.65 Å². The first kappa shape index (κ1) is 19.6. The highest BCUT2D eigenvalue weighted by Crippen LogP contribution is 2.29. The van der Waals surface area contributed by atoms with Crippen LogP contribution in [-0.2, 0) is 0 Å². The van der Waals surface area contributed by atoms with E-state index in [0.717, 1.165) is 5.69 Å². The molecular formula is C21H16F3N3O3. The van der Waals surface area contributed by atoms with Gasteiger partial charge in [-0.1, -0.05) is 12.1 Å². The summed E-state index contributed by atoms with van der Waals surface area (Å²) in [4.78, 5) is 17.3. The molecule has 0 radical (unpaired) electrons. The van der Waals surface area contributed by atoms with E-state index in [0.29, 0.717) is 34.0 Å². The van der Waals surface area contributed by atoms with Gasteiger partial charge in [-0.3, -0.25) is 9.89 Å². The molecule has 154 valence electrons. The molecule has 0 bridgehead atoms. The summed E-state index contributed by atoms with van der Waals surface area (Å²) in [6.45, 7) is 3.62. The molecule has 0 aliphatic carbocycles. The van der Waals surface area contributed by atoms with Crippen molar-refractivity contribution in [3.63, 3.8) is 0 Å². The monoisotopic (exact) mass is 415 g/mol. The third-order valence-corrected chi connectivity index (χ3v) is 4.36. The molecule has 2 heterocycles. The van der Waals surface area contributed by atoms with Gasteiger partial charge in [0, 0.05) is 11.8 Å². The van der Waals surface area contributed by atoms with Crippen molar-refractivity contribution in [3.8, 4) is 28.4 Å². The summed E-state index contributed by atoms with van der Waals surface area (Å²) in [5, 5.41) is 2.96. The van der Waals surface area contributed by atoms with E-state index in [4.69, 9.17) is 4.74 Å². The lowest BCUT2D eigenvalue weighted by Crippen LogP contribution is -2.19. The third kappa shape index (κ3) is 4.00. The largest absolute Gasteiger partial charge is 0.573 e. The zero-order valence-electron chi connectivity index (χ0n) is 15.9. The summed E-state index contributed by atoms with van der Waals surface area (Å²) in [6, 6.07) is 13.7. The fourth-order valence-corrected chi connectivity index (χ4v) is 3.12. The number of ether oxygens (including phenoxy) is 2. The average molecular weight is 415 g/mol. The second-order valence-corrected chi connectivity index (χ2v) is 6.66. The fraction of sp³-hybridized carbons (Fsp3) is 0.143. The van der Waals surface area contributed by atoms with Gasteiger partial charge in [0.2, 0.25) is 0 Å². The highest BCUT2D eigenvalue weighted by atomic mass is 19.4. The predicted octanol–water partition coefficient (Wildman–Crippen LogP) is 5.00. The lowest BCUT2D eigenvalue weighted by molar-refractivity contribution is -0.274. The number of benzene rings is 2. The Morgan fingerprint density at radius 1 is 0.933 bits per heavy atom. The molecule has 0 amide bonds. The number of aryl methyl sites for hydroxylation is 2. The normalized spacial score (nSPS) is 11.6. The molecule has 0 saturated carbocycles. The Labute approximate surface area is 168 Å². The molecule has 0 atom stereocenters. The number of nitrogens with one attached hydrogen (secondary N) is 1. The summed E-state index contributed by atoms with van der Waals surface area (Å²) >= 11 is 0. The van der Waals surface area contributed by atoms with E-state index < -0.39 is 6.36 Å². The topological polar surface area (TPSA) is 68.6 Å². The Bertz CT molecular complexity index is 1260. The lowest BCUT2D eigenvalue weighted by atomic mass is 10.1. The van der Waals surface area contributed by atoms with E-state index in [-0.39, 0.29) is 11.3 Å². The van der Waals surface area contributed by atoms with Crippen LogP contribution in [0.1, 0.15) is 11.4 Å². The quantitative estimate of drug-likeness (QED) is 0.510. The first-order valence-electron chi connectivity index (χ1n) is 8.93. The Hall–Kier alpha value is -3.75. The molecule has 2 aromatic heterocycles. The van der Waals surface area contributed by atoms with Crippen molar-refractivity contribution in [2.24, 2.45) is 0 Å². The number of hydrogen-bond donors (Lipinski definition) is 1. The summed E-state index contributed by atoms with van der Waals surface area (Å²) in [7, 11) is 0. The molecule has 0 saturated heterocycles. The highest BCUT2D eigenvalue weighted by Gasteiger charge is 2.31. The summed E-state index contributed by atoms with van der Waals surface area (Å²) in [5.41, 5.74) is 2.91. The van der Waals surface area contributed by atoms with Crippen molar-refractivity contribution in [2.45, 2.75) is 20.2 Å². The van der Waals surface area contributed by atoms with Crippen molar-refractivity contribution >= 4 is 5.65 Å². The van der Waals surface area contributed by atoms with Crippen molar-refractivity contribution in [1.82, 2.24) is 14.6 Å². The molecule has 4 rings (SSSR count). The maximum absolute atomic E-state index is 12.8. The van der Waals surface area contributed by atoms with Crippen molar-refractivity contribution in [1.29, 1.82) is 0 Å². The van der Waals surface area contributed by atoms with Crippen LogP contribution >= 0.6 is 0 Å². The van der Waals surface area contributed by atoms with Crippen LogP contribution in [0, 0.1) is 13.8 Å². The van der Waals surface area contributed by atoms with Gasteiger partial charge in [-0.15, -0.1) is 13.2 Å². The molecule has 30 heavy (non-hydrogen) atoms. The number of alkyl halides is 3. The SMILES string of the molecule is Cc1cc2nc(C)c(-c3ccc(Oc4ccc(OC(F)(F)F)cc4)cc3)c(=O)n2[nH]1. The Morgan fingerprint density at radius 2 is 1.50 bits per heavy atom. The zero-order valence-corrected chi connectivity index (χ0v) is 15.9. The van der Waals surface area contributed by atoms with Crippen LogP contribution in [0.5, 0.6) is 17.2 Å². The molecule has 0 spiro atoms. The Kier molecular flexibility index (Phi) is 4.73. The van der Waals surface area contributed by atoms with Crippen molar-refractivity contribution in [3.05, 3.63) is 76.3 Å². The zero-order chi connectivity index (χ0) is 21.5. The second-order valence-electron chi connectivity index (χ2n) is 6.66. The van der Waals surface area contributed by atoms with Crippen LogP contribution < -0.4 is 15.0 Å². The first-order valence-corrected chi connectivity index (χ1v) is 8.93. The fourth-order valence-electron chi connectivity index (χ4n) is 3.12. The minimum absolute atomic E-state index is 0.209. The van der Waals surface area contributed by atoms with Gasteiger partial charge in [0.05, 0.1) is 11.3 Å². The highest BCUT2D eigenvalue weighted by molar-refractivity contribution is 5.67. The number of rotatable bonds is 4. The van der Waals surface area contributed by atoms with Crippen LogP contribution in [0.4, 0.5) is 13.2 Å². The number of H-pyrrole nitrogens is 1. The van der Waals surface area contributed by atoms with Gasteiger partial charge in [0.25, 0.3) is 5.56 Å². The summed E-state index contributed by atoms with van der Waals surface area (Å²) in [5.74, 6) is 0.479. The van der Waals surface area contributed by atoms with E-state index in [9.17, 15) is 18.0 Å². The molecule has 0 fully saturated rings. The van der Waals surface area contributed by atoms with Crippen LogP contribution in [0.25, 0.3) is 16.8 Å². The molecule has 6 nitrogen and oxygen atoms in total. The number of halogens is 3. The third-order valence-electron chi connectivity index (χ3n) is 4.36. The Balaban J connectivity index is 1.56. The first-order chi connectivity index (χ1) is 14.2. The number of aromatic nitrogens is 3. The maximum atomic E-state index is 12.8. The average Bonchev–Trinajstić information content (AvgIpc) is 3.04. The van der Waals surface area contributed by atoms with Crippen LogP contribution in [0.3, 0.4) is 0 Å². The van der Waals surface area contributed by atoms with Crippen molar-refractivity contribution < 1.29 is 22.6 Å². The second kappa shape index (κ2) is 7.25. The summed E-state index contributed by atoms with van der Waals surface area (Å²) in [6.07, 6.45) is -4.74. The minimum atomic E-state index is -4.74. The van der Waals surface area contributed by atoms with Crippen LogP contribution in [0.2, 0.25) is 0 Å². The van der Waals surface area contributed by atoms with E-state index >= 15 is 0 Å². The molecule has 2 aromatic carbocycles. The predicted molar refractivity (Wildman–Crippen MR) is 104 cm³/mol. The van der Waals surface area contributed by atoms with E-state index in [1.165, 1.54) is 28.8 Å². The van der Waals surface area contributed by atoms with Gasteiger partial charge in [-0.25, -0.2) is 9.50 Å². The maximum Gasteiger partial charge on any atom is 0.573 e. The smallest absolute Gasteiger partial charge is 0.457 e. The van der Waals surface area contributed by atoms with Crippen LogP contribution in [-0.4, -0.2) is 21.0 Å². The van der Waals surface area contributed by atoms with Gasteiger partial charge in [-0.2, -0.15) is 0 Å². The lowest BCUT2D eigenvalue weighted by Gasteiger charge is -2.10. The van der Waals surface area contributed by atoms with Crippen molar-refractivity contribution in [2.75, 3.05) is 0 Å². The molecule has 0 aliphatic rings. The number of fused-ring (bicyclic) bond motifs is 1. The van der Waals surface area contributed by atoms with Gasteiger partial charge in [0.1, 0.15) is 17.2 Å². The number of aromatic amines is 1. The van der Waals surface area contributed by atoms with Crippen LogP contribution in [0.15, 0.2) is 59.4 Å². The van der Waals surface area contributed by atoms with E-state index in [1.54, 1.807) is 37.3 Å². The minimum Gasteiger partial charge on any atom is -0.457 e. The molecule has 9 heteroatoms. The molecule has 1 N–H and O–H groups in total. The molecular weight excluding hydrogens is 399 g/mol. The van der Waals surface area contributed by atoms with Gasteiger partial charge >= 0.3 is 6.36 Å². The molecule has 4 aromatic rings. The van der Waals surface area contributed by atoms with Gasteiger partial charge < -0.3 is 9.47 Å². The summed E-state index contributed by atoms with van der Waals surface area (Å²) < 4.78 is 47.6. The van der Waals surface area contributed by atoms with E-state index in [1.807, 2.05) is 6.92 Å². The number of nitrogens with zero attached hydrogens (tertiary/aromatic N) is 2.